The number of ketones is 1. The zero-order valence-corrected chi connectivity index (χ0v) is 11.6. The fourth-order valence-electron chi connectivity index (χ4n) is 1.90. The van der Waals surface area contributed by atoms with Crippen LogP contribution in [-0.2, 0) is 14.3 Å². The third-order valence-corrected chi connectivity index (χ3v) is 3.10. The van der Waals surface area contributed by atoms with Gasteiger partial charge in [-0.15, -0.1) is 0 Å². The summed E-state index contributed by atoms with van der Waals surface area (Å²) in [6.45, 7) is 1.83. The van der Waals surface area contributed by atoms with E-state index in [-0.39, 0.29) is 29.6 Å². The monoisotopic (exact) mass is 289 g/mol. The van der Waals surface area contributed by atoms with Crippen molar-refractivity contribution in [3.63, 3.8) is 0 Å². The Labute approximate surface area is 121 Å². The predicted molar refractivity (Wildman–Crippen MR) is 75.4 cm³/mol. The summed E-state index contributed by atoms with van der Waals surface area (Å²) >= 11 is 0. The summed E-state index contributed by atoms with van der Waals surface area (Å²) in [6, 6.07) is 5.78. The molecular weight excluding hydrogens is 274 g/mol. The summed E-state index contributed by atoms with van der Waals surface area (Å²) in [5.41, 5.74) is 0.298. The molecule has 1 fully saturated rings. The third kappa shape index (κ3) is 3.75. The maximum atomic E-state index is 12.1. The van der Waals surface area contributed by atoms with Crippen molar-refractivity contribution in [2.75, 3.05) is 6.61 Å². The van der Waals surface area contributed by atoms with Crippen molar-refractivity contribution in [1.29, 1.82) is 0 Å². The van der Waals surface area contributed by atoms with E-state index >= 15 is 0 Å². The molecule has 0 aromatic heterocycles. The minimum Gasteiger partial charge on any atom is -0.462 e. The lowest BCUT2D eigenvalue weighted by Crippen LogP contribution is -2.17. The van der Waals surface area contributed by atoms with Gasteiger partial charge in [-0.3, -0.25) is 14.9 Å². The van der Waals surface area contributed by atoms with Gasteiger partial charge in [0, 0.05) is 18.1 Å². The van der Waals surface area contributed by atoms with E-state index in [1.54, 1.807) is 13.0 Å². The first-order valence-corrected chi connectivity index (χ1v) is 6.70. The highest BCUT2D eigenvalue weighted by Gasteiger charge is 2.35. The number of hydrogen-bond donors (Lipinski definition) is 0. The molecule has 6 nitrogen and oxygen atoms in total. The Kier molecular flexibility index (Phi) is 4.47. The van der Waals surface area contributed by atoms with Crippen LogP contribution in [0.1, 0.15) is 25.3 Å². The molecule has 0 spiro atoms. The fraction of sp³-hybridized carbons (Fsp3) is 0.333. The molecule has 0 unspecified atom stereocenters. The van der Waals surface area contributed by atoms with Gasteiger partial charge in [-0.25, -0.2) is 4.79 Å². The molecule has 0 bridgehead atoms. The molecule has 0 amide bonds. The molecule has 0 radical (unpaired) electrons. The van der Waals surface area contributed by atoms with Gasteiger partial charge in [0.1, 0.15) is 5.57 Å². The largest absolute Gasteiger partial charge is 0.462 e. The molecule has 0 heterocycles. The Morgan fingerprint density at radius 3 is 2.71 bits per heavy atom. The molecule has 0 aliphatic heterocycles. The van der Waals surface area contributed by atoms with E-state index in [9.17, 15) is 19.7 Å². The van der Waals surface area contributed by atoms with Gasteiger partial charge in [-0.2, -0.15) is 0 Å². The van der Waals surface area contributed by atoms with Crippen LogP contribution in [0, 0.1) is 16.0 Å². The molecule has 0 atom stereocenters. The SMILES string of the molecule is CCOC(=O)/C(=C\c1cccc([N+](=O)[O-])c1)C(=O)C1CC1. The van der Waals surface area contributed by atoms with E-state index in [0.717, 1.165) is 12.8 Å². The molecule has 110 valence electrons. The van der Waals surface area contributed by atoms with Crippen molar-refractivity contribution in [2.45, 2.75) is 19.8 Å². The minimum atomic E-state index is -0.680. The first kappa shape index (κ1) is 14.9. The Hall–Kier alpha value is -2.50. The van der Waals surface area contributed by atoms with E-state index in [0.29, 0.717) is 5.56 Å². The number of nitro groups is 1. The van der Waals surface area contributed by atoms with Crippen LogP contribution in [0.5, 0.6) is 0 Å². The van der Waals surface area contributed by atoms with Gasteiger partial charge in [-0.1, -0.05) is 12.1 Å². The molecule has 1 aliphatic carbocycles. The van der Waals surface area contributed by atoms with Crippen molar-refractivity contribution in [3.05, 3.63) is 45.5 Å². The van der Waals surface area contributed by atoms with Crippen molar-refractivity contribution in [2.24, 2.45) is 5.92 Å². The number of esters is 1. The van der Waals surface area contributed by atoms with Crippen molar-refractivity contribution >= 4 is 23.5 Å². The maximum absolute atomic E-state index is 12.1. The highest BCUT2D eigenvalue weighted by atomic mass is 16.6. The van der Waals surface area contributed by atoms with E-state index in [1.807, 2.05) is 0 Å². The van der Waals surface area contributed by atoms with Gasteiger partial charge in [0.2, 0.25) is 0 Å². The lowest BCUT2D eigenvalue weighted by atomic mass is 10.0. The van der Waals surface area contributed by atoms with Gasteiger partial charge in [-0.05, 0) is 31.4 Å². The molecule has 0 N–H and O–H groups in total. The second-order valence-electron chi connectivity index (χ2n) is 4.77. The lowest BCUT2D eigenvalue weighted by molar-refractivity contribution is -0.384. The normalized spacial score (nSPS) is 14.6. The zero-order valence-electron chi connectivity index (χ0n) is 11.6. The smallest absolute Gasteiger partial charge is 0.341 e. The highest BCUT2D eigenvalue weighted by Crippen LogP contribution is 2.33. The van der Waals surface area contributed by atoms with E-state index in [4.69, 9.17) is 4.74 Å². The Balaban J connectivity index is 2.34. The van der Waals surface area contributed by atoms with Crippen LogP contribution in [0.25, 0.3) is 6.08 Å². The standard InChI is InChI=1S/C15H15NO5/c1-2-21-15(18)13(14(17)11-6-7-11)9-10-4-3-5-12(8-10)16(19)20/h3-5,8-9,11H,2,6-7H2,1H3/b13-9-. The van der Waals surface area contributed by atoms with Crippen molar-refractivity contribution in [3.8, 4) is 0 Å². The van der Waals surface area contributed by atoms with E-state index in [1.165, 1.54) is 24.3 Å². The van der Waals surface area contributed by atoms with Crippen LogP contribution in [0.4, 0.5) is 5.69 Å². The zero-order chi connectivity index (χ0) is 15.4. The number of ether oxygens (including phenoxy) is 1. The topological polar surface area (TPSA) is 86.5 Å². The van der Waals surface area contributed by atoms with Crippen LogP contribution in [0.3, 0.4) is 0 Å². The summed E-state index contributed by atoms with van der Waals surface area (Å²) in [5, 5.41) is 10.8. The number of nitrogens with zero attached hydrogens (tertiary/aromatic N) is 1. The summed E-state index contributed by atoms with van der Waals surface area (Å²) in [5.74, 6) is -1.06. The molecule has 1 aromatic rings. The van der Waals surface area contributed by atoms with Gasteiger partial charge >= 0.3 is 5.97 Å². The summed E-state index contributed by atoms with van der Waals surface area (Å²) in [7, 11) is 0. The molecule has 1 saturated carbocycles. The molecule has 6 heteroatoms. The average Bonchev–Trinajstić information content (AvgIpc) is 3.29. The van der Waals surface area contributed by atoms with Gasteiger partial charge in [0.15, 0.2) is 5.78 Å². The van der Waals surface area contributed by atoms with Crippen LogP contribution in [0.2, 0.25) is 0 Å². The minimum absolute atomic E-state index is 0.0418. The van der Waals surface area contributed by atoms with Gasteiger partial charge in [0.25, 0.3) is 5.69 Å². The predicted octanol–water partition coefficient (Wildman–Crippen LogP) is 2.52. The first-order chi connectivity index (χ1) is 10.0. The Bertz CT molecular complexity index is 616. The quantitative estimate of drug-likeness (QED) is 0.200. The number of carbonyl (C=O) groups is 2. The Morgan fingerprint density at radius 1 is 1.43 bits per heavy atom. The summed E-state index contributed by atoms with van der Waals surface area (Å²) in [4.78, 5) is 34.3. The van der Waals surface area contributed by atoms with Crippen LogP contribution in [0.15, 0.2) is 29.8 Å². The van der Waals surface area contributed by atoms with E-state index < -0.39 is 10.9 Å². The fourth-order valence-corrected chi connectivity index (χ4v) is 1.90. The van der Waals surface area contributed by atoms with Crippen molar-refractivity contribution < 1.29 is 19.2 Å². The number of benzene rings is 1. The molecule has 1 aliphatic rings. The number of non-ortho nitro benzene ring substituents is 1. The van der Waals surface area contributed by atoms with Crippen LogP contribution in [-0.4, -0.2) is 23.3 Å². The number of nitro benzene ring substituents is 1. The molecular formula is C15H15NO5. The maximum Gasteiger partial charge on any atom is 0.341 e. The summed E-state index contributed by atoms with van der Waals surface area (Å²) in [6.07, 6.45) is 2.90. The van der Waals surface area contributed by atoms with Crippen LogP contribution < -0.4 is 0 Å². The Morgan fingerprint density at radius 2 is 2.14 bits per heavy atom. The first-order valence-electron chi connectivity index (χ1n) is 6.70. The van der Waals surface area contributed by atoms with E-state index in [2.05, 4.69) is 0 Å². The second-order valence-corrected chi connectivity index (χ2v) is 4.77. The second kappa shape index (κ2) is 6.30. The lowest BCUT2D eigenvalue weighted by Gasteiger charge is -2.05. The van der Waals surface area contributed by atoms with Crippen molar-refractivity contribution in [1.82, 2.24) is 0 Å². The van der Waals surface area contributed by atoms with Gasteiger partial charge in [0.05, 0.1) is 11.5 Å². The van der Waals surface area contributed by atoms with Gasteiger partial charge < -0.3 is 4.74 Å². The highest BCUT2D eigenvalue weighted by molar-refractivity contribution is 6.22. The third-order valence-electron chi connectivity index (χ3n) is 3.10. The average molecular weight is 289 g/mol. The number of rotatable bonds is 6. The molecule has 21 heavy (non-hydrogen) atoms. The molecule has 0 saturated heterocycles. The molecule has 1 aromatic carbocycles. The summed E-state index contributed by atoms with van der Waals surface area (Å²) < 4.78 is 4.89. The number of Topliss-reactive ketones (excluding diaryl/α,β-unsaturated/α-hetero) is 1. The number of hydrogen-bond acceptors (Lipinski definition) is 5. The number of carbonyl (C=O) groups excluding carboxylic acids is 2. The molecule has 2 rings (SSSR count). The van der Waals surface area contributed by atoms with Crippen LogP contribution >= 0.6 is 0 Å².